The van der Waals surface area contributed by atoms with E-state index >= 15 is 0 Å². The van der Waals surface area contributed by atoms with Gasteiger partial charge in [-0.1, -0.05) is 23.7 Å². The van der Waals surface area contributed by atoms with Crippen molar-refractivity contribution in [3.05, 3.63) is 53.1 Å². The second-order valence-electron chi connectivity index (χ2n) is 6.04. The van der Waals surface area contributed by atoms with E-state index in [0.717, 1.165) is 12.8 Å². The van der Waals surface area contributed by atoms with Gasteiger partial charge in [0.05, 0.1) is 24.2 Å². The molecule has 3 rings (SSSR count). The Hall–Kier alpha value is -2.73. The van der Waals surface area contributed by atoms with E-state index in [2.05, 4.69) is 16.0 Å². The van der Waals surface area contributed by atoms with Crippen LogP contribution in [0.3, 0.4) is 0 Å². The summed E-state index contributed by atoms with van der Waals surface area (Å²) in [7, 11) is 1.53. The molecule has 0 saturated heterocycles. The summed E-state index contributed by atoms with van der Waals surface area (Å²) in [6, 6.07) is 12.4. The molecule has 0 unspecified atom stereocenters. The van der Waals surface area contributed by atoms with E-state index in [9.17, 15) is 9.59 Å². The maximum atomic E-state index is 12.3. The van der Waals surface area contributed by atoms with Gasteiger partial charge in [0.15, 0.2) is 0 Å². The van der Waals surface area contributed by atoms with Crippen LogP contribution in [0.2, 0.25) is 5.02 Å². The standard InChI is InChI=1S/C19H20ClN3O3/c1-26-17-9-8-13(10-15(17)20)22-18(24)11-21-16-5-3-2-4-14(16)19(25)23-12-6-7-12/h2-5,8-10,12,21H,6-7,11H2,1H3,(H,22,24)(H,23,25). The molecule has 1 fully saturated rings. The highest BCUT2D eigenvalue weighted by molar-refractivity contribution is 6.32. The SMILES string of the molecule is COc1ccc(NC(=O)CNc2ccccc2C(=O)NC2CC2)cc1Cl. The fourth-order valence-corrected chi connectivity index (χ4v) is 2.71. The van der Waals surface area contributed by atoms with Crippen molar-refractivity contribution < 1.29 is 14.3 Å². The largest absolute Gasteiger partial charge is 0.495 e. The highest BCUT2D eigenvalue weighted by Gasteiger charge is 2.24. The number of nitrogens with one attached hydrogen (secondary N) is 3. The van der Waals surface area contributed by atoms with Crippen LogP contribution in [0.5, 0.6) is 5.75 Å². The third-order valence-electron chi connectivity index (χ3n) is 3.96. The first-order chi connectivity index (χ1) is 12.6. The fraction of sp³-hybridized carbons (Fsp3) is 0.263. The van der Waals surface area contributed by atoms with Gasteiger partial charge in [-0.05, 0) is 43.2 Å². The number of hydrogen-bond donors (Lipinski definition) is 3. The fourth-order valence-electron chi connectivity index (χ4n) is 2.45. The van der Waals surface area contributed by atoms with Crippen molar-refractivity contribution in [2.75, 3.05) is 24.3 Å². The van der Waals surface area contributed by atoms with Crippen LogP contribution in [0.1, 0.15) is 23.2 Å². The lowest BCUT2D eigenvalue weighted by Crippen LogP contribution is -2.27. The Bertz CT molecular complexity index is 821. The minimum absolute atomic E-state index is 0.0252. The van der Waals surface area contributed by atoms with Crippen molar-refractivity contribution in [2.24, 2.45) is 0 Å². The van der Waals surface area contributed by atoms with Crippen LogP contribution in [0.15, 0.2) is 42.5 Å². The average Bonchev–Trinajstić information content (AvgIpc) is 3.44. The van der Waals surface area contributed by atoms with Crippen molar-refractivity contribution in [1.82, 2.24) is 5.32 Å². The molecule has 3 N–H and O–H groups in total. The Morgan fingerprint density at radius 3 is 2.65 bits per heavy atom. The van der Waals surface area contributed by atoms with Crippen LogP contribution < -0.4 is 20.7 Å². The Kier molecular flexibility index (Phi) is 5.63. The van der Waals surface area contributed by atoms with Crippen LogP contribution >= 0.6 is 11.6 Å². The van der Waals surface area contributed by atoms with E-state index in [1.807, 2.05) is 6.07 Å². The number of para-hydroxylation sites is 1. The summed E-state index contributed by atoms with van der Waals surface area (Å²) in [5.41, 5.74) is 1.72. The summed E-state index contributed by atoms with van der Waals surface area (Å²) in [6.45, 7) is 0.0252. The summed E-state index contributed by atoms with van der Waals surface area (Å²) in [5, 5.41) is 9.13. The van der Waals surface area contributed by atoms with Crippen LogP contribution in [0, 0.1) is 0 Å². The van der Waals surface area contributed by atoms with Gasteiger partial charge in [-0.3, -0.25) is 9.59 Å². The van der Waals surface area contributed by atoms with Gasteiger partial charge in [-0.15, -0.1) is 0 Å². The number of hydrogen-bond acceptors (Lipinski definition) is 4. The van der Waals surface area contributed by atoms with Crippen molar-refractivity contribution in [3.63, 3.8) is 0 Å². The molecule has 136 valence electrons. The third-order valence-corrected chi connectivity index (χ3v) is 4.25. The molecular formula is C19H20ClN3O3. The van der Waals surface area contributed by atoms with Gasteiger partial charge in [0.2, 0.25) is 5.91 Å². The van der Waals surface area contributed by atoms with Crippen LogP contribution in [-0.4, -0.2) is 31.5 Å². The van der Waals surface area contributed by atoms with E-state index in [-0.39, 0.29) is 24.4 Å². The first-order valence-corrected chi connectivity index (χ1v) is 8.72. The molecule has 0 aliphatic heterocycles. The molecule has 0 atom stereocenters. The van der Waals surface area contributed by atoms with Crippen LogP contribution in [0.4, 0.5) is 11.4 Å². The predicted molar refractivity (Wildman–Crippen MR) is 102 cm³/mol. The van der Waals surface area contributed by atoms with E-state index in [1.165, 1.54) is 7.11 Å². The molecule has 6 nitrogen and oxygen atoms in total. The normalized spacial score (nSPS) is 13.0. The van der Waals surface area contributed by atoms with Crippen molar-refractivity contribution in [1.29, 1.82) is 0 Å². The Balaban J connectivity index is 1.59. The number of amides is 2. The molecule has 2 amide bonds. The molecule has 7 heteroatoms. The lowest BCUT2D eigenvalue weighted by atomic mass is 10.1. The summed E-state index contributed by atoms with van der Waals surface area (Å²) < 4.78 is 5.08. The number of methoxy groups -OCH3 is 1. The van der Waals surface area contributed by atoms with Crippen molar-refractivity contribution in [2.45, 2.75) is 18.9 Å². The number of benzene rings is 2. The highest BCUT2D eigenvalue weighted by atomic mass is 35.5. The summed E-state index contributed by atoms with van der Waals surface area (Å²) in [4.78, 5) is 24.4. The molecular weight excluding hydrogens is 354 g/mol. The first-order valence-electron chi connectivity index (χ1n) is 8.34. The Morgan fingerprint density at radius 2 is 1.96 bits per heavy atom. The number of carbonyl (C=O) groups is 2. The van der Waals surface area contributed by atoms with E-state index < -0.39 is 0 Å². The predicted octanol–water partition coefficient (Wildman–Crippen LogP) is 3.29. The third kappa shape index (κ3) is 4.67. The number of carbonyl (C=O) groups excluding carboxylic acids is 2. The molecule has 0 spiro atoms. The average molecular weight is 374 g/mol. The van der Waals surface area contributed by atoms with Gasteiger partial charge in [0, 0.05) is 17.4 Å². The van der Waals surface area contributed by atoms with Gasteiger partial charge in [0.25, 0.3) is 5.91 Å². The zero-order valence-corrected chi connectivity index (χ0v) is 15.1. The number of ether oxygens (including phenoxy) is 1. The minimum Gasteiger partial charge on any atom is -0.495 e. The first kappa shape index (κ1) is 18.1. The smallest absolute Gasteiger partial charge is 0.253 e. The monoisotopic (exact) mass is 373 g/mol. The maximum absolute atomic E-state index is 12.3. The van der Waals surface area contributed by atoms with Crippen LogP contribution in [0.25, 0.3) is 0 Å². The molecule has 2 aromatic rings. The molecule has 1 aliphatic rings. The molecule has 0 heterocycles. The van der Waals surface area contributed by atoms with Crippen molar-refractivity contribution in [3.8, 4) is 5.75 Å². The van der Waals surface area contributed by atoms with Crippen molar-refractivity contribution >= 4 is 34.8 Å². The molecule has 2 aromatic carbocycles. The number of rotatable bonds is 7. The molecule has 0 aromatic heterocycles. The topological polar surface area (TPSA) is 79.5 Å². The zero-order valence-electron chi connectivity index (χ0n) is 14.3. The van der Waals surface area contributed by atoms with Gasteiger partial charge >= 0.3 is 0 Å². The molecule has 26 heavy (non-hydrogen) atoms. The second kappa shape index (κ2) is 8.10. The highest BCUT2D eigenvalue weighted by Crippen LogP contribution is 2.27. The summed E-state index contributed by atoms with van der Waals surface area (Å²) in [6.07, 6.45) is 2.04. The maximum Gasteiger partial charge on any atom is 0.253 e. The van der Waals surface area contributed by atoms with Crippen LogP contribution in [-0.2, 0) is 4.79 Å². The number of anilines is 2. The Labute approximate surface area is 156 Å². The van der Waals surface area contributed by atoms with E-state index in [4.69, 9.17) is 16.3 Å². The molecule has 0 radical (unpaired) electrons. The minimum atomic E-state index is -0.247. The van der Waals surface area contributed by atoms with E-state index in [0.29, 0.717) is 27.7 Å². The lowest BCUT2D eigenvalue weighted by molar-refractivity contribution is -0.114. The van der Waals surface area contributed by atoms with Gasteiger partial charge in [-0.2, -0.15) is 0 Å². The van der Waals surface area contributed by atoms with E-state index in [1.54, 1.807) is 36.4 Å². The molecule has 0 bridgehead atoms. The zero-order chi connectivity index (χ0) is 18.5. The Morgan fingerprint density at radius 1 is 1.19 bits per heavy atom. The second-order valence-corrected chi connectivity index (χ2v) is 6.45. The van der Waals surface area contributed by atoms with Gasteiger partial charge in [-0.25, -0.2) is 0 Å². The number of halogens is 1. The lowest BCUT2D eigenvalue weighted by Gasteiger charge is -2.12. The molecule has 1 aliphatic carbocycles. The summed E-state index contributed by atoms with van der Waals surface area (Å²) in [5.74, 6) is 0.167. The summed E-state index contributed by atoms with van der Waals surface area (Å²) >= 11 is 6.05. The van der Waals surface area contributed by atoms with Gasteiger partial charge < -0.3 is 20.7 Å². The van der Waals surface area contributed by atoms with Gasteiger partial charge in [0.1, 0.15) is 5.75 Å². The quantitative estimate of drug-likeness (QED) is 0.695. The molecule has 1 saturated carbocycles.